The van der Waals surface area contributed by atoms with Gasteiger partial charge in [-0.2, -0.15) is 5.26 Å². The van der Waals surface area contributed by atoms with Crippen LogP contribution in [-0.4, -0.2) is 23.9 Å². The van der Waals surface area contributed by atoms with Crippen molar-refractivity contribution in [3.8, 4) is 11.8 Å². The Bertz CT molecular complexity index is 1180. The lowest BCUT2D eigenvalue weighted by Crippen LogP contribution is -2.22. The van der Waals surface area contributed by atoms with Crippen LogP contribution >= 0.6 is 27.3 Å². The number of nitrogens with one attached hydrogen (secondary N) is 1. The number of aromatic nitrogens is 1. The molecule has 1 aromatic heterocycles. The van der Waals surface area contributed by atoms with Crippen LogP contribution in [0.1, 0.15) is 12.6 Å². The van der Waals surface area contributed by atoms with Crippen LogP contribution in [-0.2, 0) is 9.59 Å². The SMILES string of the molecule is COc1ccc(N(C(C)=O)c2nc(/C=C(/C#N)C(=O)Nc3ccccc3Br)cs2)cc1. The molecule has 0 saturated heterocycles. The number of benzene rings is 2. The van der Waals surface area contributed by atoms with E-state index in [1.165, 1.54) is 29.2 Å². The maximum Gasteiger partial charge on any atom is 0.266 e. The average molecular weight is 497 g/mol. The van der Waals surface area contributed by atoms with Crippen LogP contribution < -0.4 is 15.0 Å². The van der Waals surface area contributed by atoms with Crippen LogP contribution in [0, 0.1) is 11.3 Å². The molecule has 0 aliphatic carbocycles. The van der Waals surface area contributed by atoms with Gasteiger partial charge in [0.2, 0.25) is 5.91 Å². The molecule has 0 saturated carbocycles. The molecular weight excluding hydrogens is 480 g/mol. The lowest BCUT2D eigenvalue weighted by molar-refractivity contribution is -0.116. The molecule has 0 aliphatic rings. The predicted molar refractivity (Wildman–Crippen MR) is 124 cm³/mol. The zero-order valence-corrected chi connectivity index (χ0v) is 19.0. The molecule has 7 nitrogen and oxygen atoms in total. The Morgan fingerprint density at radius 3 is 2.55 bits per heavy atom. The summed E-state index contributed by atoms with van der Waals surface area (Å²) in [6, 6.07) is 16.0. The van der Waals surface area contributed by atoms with Crippen molar-refractivity contribution < 1.29 is 14.3 Å². The first-order valence-corrected chi connectivity index (χ1v) is 10.7. The number of hydrogen-bond acceptors (Lipinski definition) is 6. The van der Waals surface area contributed by atoms with Gasteiger partial charge in [0.15, 0.2) is 5.13 Å². The van der Waals surface area contributed by atoms with Gasteiger partial charge >= 0.3 is 0 Å². The second-order valence-corrected chi connectivity index (χ2v) is 7.90. The second-order valence-electron chi connectivity index (χ2n) is 6.21. The number of nitrogens with zero attached hydrogens (tertiary/aromatic N) is 3. The number of anilines is 3. The summed E-state index contributed by atoms with van der Waals surface area (Å²) in [5, 5.41) is 14.2. The van der Waals surface area contributed by atoms with Crippen molar-refractivity contribution in [3.63, 3.8) is 0 Å². The molecule has 2 amide bonds. The number of carbonyl (C=O) groups excluding carboxylic acids is 2. The van der Waals surface area contributed by atoms with Crippen LogP contribution in [0.3, 0.4) is 0 Å². The third kappa shape index (κ3) is 5.36. The lowest BCUT2D eigenvalue weighted by Gasteiger charge is -2.18. The van der Waals surface area contributed by atoms with Gasteiger partial charge in [-0.3, -0.25) is 14.5 Å². The third-order valence-electron chi connectivity index (χ3n) is 4.13. The van der Waals surface area contributed by atoms with Crippen molar-refractivity contribution in [3.05, 3.63) is 69.7 Å². The molecule has 9 heteroatoms. The molecule has 0 aliphatic heterocycles. The highest BCUT2D eigenvalue weighted by atomic mass is 79.9. The van der Waals surface area contributed by atoms with Crippen molar-refractivity contribution in [2.75, 3.05) is 17.3 Å². The molecule has 156 valence electrons. The first-order valence-electron chi connectivity index (χ1n) is 9.01. The number of ether oxygens (including phenoxy) is 1. The Balaban J connectivity index is 1.85. The van der Waals surface area contributed by atoms with E-state index in [1.54, 1.807) is 55.0 Å². The summed E-state index contributed by atoms with van der Waals surface area (Å²) in [7, 11) is 1.57. The molecule has 0 radical (unpaired) electrons. The maximum absolute atomic E-state index is 12.5. The minimum Gasteiger partial charge on any atom is -0.497 e. The number of nitriles is 1. The van der Waals surface area contributed by atoms with E-state index >= 15 is 0 Å². The van der Waals surface area contributed by atoms with Gasteiger partial charge in [0.25, 0.3) is 5.91 Å². The molecule has 1 heterocycles. The Labute approximate surface area is 191 Å². The molecular formula is C22H17BrN4O3S. The number of carbonyl (C=O) groups is 2. The fourth-order valence-electron chi connectivity index (χ4n) is 2.65. The molecule has 3 rings (SSSR count). The van der Waals surface area contributed by atoms with E-state index in [9.17, 15) is 14.9 Å². The second kappa shape index (κ2) is 10.0. The van der Waals surface area contributed by atoms with Crippen molar-refractivity contribution in [1.29, 1.82) is 5.26 Å². The highest BCUT2D eigenvalue weighted by Gasteiger charge is 2.19. The van der Waals surface area contributed by atoms with E-state index in [0.29, 0.717) is 32.4 Å². The number of rotatable bonds is 6. The largest absolute Gasteiger partial charge is 0.497 e. The van der Waals surface area contributed by atoms with Gasteiger partial charge in [0.1, 0.15) is 17.4 Å². The fraction of sp³-hybridized carbons (Fsp3) is 0.0909. The first-order chi connectivity index (χ1) is 14.9. The average Bonchev–Trinajstić information content (AvgIpc) is 3.22. The highest BCUT2D eigenvalue weighted by Crippen LogP contribution is 2.31. The van der Waals surface area contributed by atoms with E-state index in [1.807, 2.05) is 12.1 Å². The Morgan fingerprint density at radius 2 is 1.94 bits per heavy atom. The van der Waals surface area contributed by atoms with Crippen molar-refractivity contribution in [2.24, 2.45) is 0 Å². The molecule has 31 heavy (non-hydrogen) atoms. The van der Waals surface area contributed by atoms with Gasteiger partial charge in [-0.1, -0.05) is 12.1 Å². The monoisotopic (exact) mass is 496 g/mol. The number of para-hydroxylation sites is 1. The summed E-state index contributed by atoms with van der Waals surface area (Å²) in [4.78, 5) is 30.6. The van der Waals surface area contributed by atoms with Crippen LogP contribution in [0.25, 0.3) is 6.08 Å². The first kappa shape index (κ1) is 22.2. The molecule has 2 aromatic carbocycles. The van der Waals surface area contributed by atoms with E-state index in [4.69, 9.17) is 4.74 Å². The number of amides is 2. The summed E-state index contributed by atoms with van der Waals surface area (Å²) in [6.07, 6.45) is 1.39. The van der Waals surface area contributed by atoms with Crippen molar-refractivity contribution in [2.45, 2.75) is 6.92 Å². The minimum atomic E-state index is -0.553. The van der Waals surface area contributed by atoms with Gasteiger partial charge < -0.3 is 10.1 Å². The van der Waals surface area contributed by atoms with Crippen LogP contribution in [0.4, 0.5) is 16.5 Å². The van der Waals surface area contributed by atoms with Crippen molar-refractivity contribution >= 4 is 61.7 Å². The third-order valence-corrected chi connectivity index (χ3v) is 5.66. The Hall–Kier alpha value is -3.48. The number of halogens is 1. The maximum atomic E-state index is 12.5. The molecule has 0 atom stereocenters. The summed E-state index contributed by atoms with van der Waals surface area (Å²) in [6.45, 7) is 1.44. The van der Waals surface area contributed by atoms with Gasteiger partial charge in [-0.15, -0.1) is 11.3 Å². The normalized spacial score (nSPS) is 10.8. The minimum absolute atomic E-state index is 0.105. The molecule has 0 fully saturated rings. The summed E-state index contributed by atoms with van der Waals surface area (Å²) < 4.78 is 5.85. The zero-order valence-electron chi connectivity index (χ0n) is 16.6. The van der Waals surface area contributed by atoms with Gasteiger partial charge in [-0.05, 0) is 58.4 Å². The fourth-order valence-corrected chi connectivity index (χ4v) is 3.88. The van der Waals surface area contributed by atoms with E-state index in [2.05, 4.69) is 26.2 Å². The zero-order chi connectivity index (χ0) is 22.4. The van der Waals surface area contributed by atoms with E-state index in [-0.39, 0.29) is 11.5 Å². The number of methoxy groups -OCH3 is 1. The Morgan fingerprint density at radius 1 is 1.23 bits per heavy atom. The molecule has 0 spiro atoms. The highest BCUT2D eigenvalue weighted by molar-refractivity contribution is 9.10. The van der Waals surface area contributed by atoms with Crippen molar-refractivity contribution in [1.82, 2.24) is 4.98 Å². The van der Waals surface area contributed by atoms with Crippen LogP contribution in [0.5, 0.6) is 5.75 Å². The smallest absolute Gasteiger partial charge is 0.266 e. The summed E-state index contributed by atoms with van der Waals surface area (Å²) >= 11 is 4.58. The van der Waals surface area contributed by atoms with Crippen LogP contribution in [0.2, 0.25) is 0 Å². The topological polar surface area (TPSA) is 95.3 Å². The van der Waals surface area contributed by atoms with Gasteiger partial charge in [0.05, 0.1) is 24.2 Å². The summed E-state index contributed by atoms with van der Waals surface area (Å²) in [5.41, 5.74) is 1.48. The number of thiazole rings is 1. The molecule has 0 bridgehead atoms. The molecule has 3 aromatic rings. The molecule has 0 unspecified atom stereocenters. The lowest BCUT2D eigenvalue weighted by atomic mass is 10.2. The van der Waals surface area contributed by atoms with Crippen LogP contribution in [0.15, 0.2) is 64.0 Å². The van der Waals surface area contributed by atoms with Gasteiger partial charge in [-0.25, -0.2) is 4.98 Å². The van der Waals surface area contributed by atoms with E-state index < -0.39 is 5.91 Å². The summed E-state index contributed by atoms with van der Waals surface area (Å²) in [5.74, 6) is -0.102. The number of hydrogen-bond donors (Lipinski definition) is 1. The van der Waals surface area contributed by atoms with E-state index in [0.717, 1.165) is 0 Å². The Kier molecular flexibility index (Phi) is 7.18. The molecule has 1 N–H and O–H groups in total. The van der Waals surface area contributed by atoms with Gasteiger partial charge in [0, 0.05) is 16.8 Å². The quantitative estimate of drug-likeness (QED) is 0.376. The standard InChI is InChI=1S/C22H17BrN4O3S/c1-14(28)27(17-7-9-18(30-2)10-8-17)22-25-16(13-31-22)11-15(12-24)21(29)26-20-6-4-3-5-19(20)23/h3-11,13H,1-2H3,(H,26,29)/b15-11-. The predicted octanol–water partition coefficient (Wildman–Crippen LogP) is 5.14.